The molecule has 16 heavy (non-hydrogen) atoms. The van der Waals surface area contributed by atoms with Gasteiger partial charge in [-0.2, -0.15) is 13.2 Å². The van der Waals surface area contributed by atoms with Gasteiger partial charge in [-0.15, -0.1) is 0 Å². The number of carbonyl (C=O) groups is 1. The number of Topliss-reactive ketones (excluding diaryl/α,β-unsaturated/α-hetero) is 1. The monoisotopic (exact) mass is 252 g/mol. The lowest BCUT2D eigenvalue weighted by molar-refractivity contribution is -0.185. The lowest BCUT2D eigenvalue weighted by Gasteiger charge is -2.25. The zero-order valence-corrected chi connectivity index (χ0v) is 8.97. The van der Waals surface area contributed by atoms with E-state index in [9.17, 15) is 18.0 Å². The normalized spacial score (nSPS) is 15.6. The van der Waals surface area contributed by atoms with Crippen LogP contribution in [0.2, 0.25) is 0 Å². The van der Waals surface area contributed by atoms with Crippen molar-refractivity contribution in [1.82, 2.24) is 0 Å². The lowest BCUT2D eigenvalue weighted by Crippen LogP contribution is -2.41. The van der Waals surface area contributed by atoms with Gasteiger partial charge in [-0.3, -0.25) is 4.79 Å². The SMILES string of the molecule is COC(Cl)(C(=O)C(F)(F)F)c1ccccc1. The third-order valence-corrected chi connectivity index (χ3v) is 2.52. The molecular formula is C10H8ClF3O2. The Bertz CT molecular complexity index is 377. The van der Waals surface area contributed by atoms with Crippen molar-refractivity contribution in [2.45, 2.75) is 11.2 Å². The fourth-order valence-electron chi connectivity index (χ4n) is 1.18. The number of methoxy groups -OCH3 is 1. The Hall–Kier alpha value is -1.07. The van der Waals surface area contributed by atoms with Crippen molar-refractivity contribution in [1.29, 1.82) is 0 Å². The van der Waals surface area contributed by atoms with Crippen molar-refractivity contribution in [2.24, 2.45) is 0 Å². The molecule has 88 valence electrons. The molecule has 1 atom stereocenters. The third kappa shape index (κ3) is 2.36. The first-order chi connectivity index (χ1) is 7.32. The van der Waals surface area contributed by atoms with Crippen LogP contribution in [0, 0.1) is 0 Å². The van der Waals surface area contributed by atoms with Crippen molar-refractivity contribution in [2.75, 3.05) is 7.11 Å². The Morgan fingerprint density at radius 1 is 1.25 bits per heavy atom. The number of carbonyl (C=O) groups excluding carboxylic acids is 1. The maximum absolute atomic E-state index is 12.3. The summed E-state index contributed by atoms with van der Waals surface area (Å²) in [6.45, 7) is 0. The second-order valence-corrected chi connectivity index (χ2v) is 3.52. The molecule has 6 heteroatoms. The van der Waals surface area contributed by atoms with Crippen LogP contribution in [-0.4, -0.2) is 19.1 Å². The summed E-state index contributed by atoms with van der Waals surface area (Å²) in [4.78, 5) is 11.1. The second-order valence-electron chi connectivity index (χ2n) is 2.99. The van der Waals surface area contributed by atoms with Crippen LogP contribution < -0.4 is 0 Å². The highest BCUT2D eigenvalue weighted by molar-refractivity contribution is 6.34. The molecule has 0 aromatic heterocycles. The standard InChI is InChI=1S/C10H8ClF3O2/c1-16-9(11,8(15)10(12,13)14)7-5-3-2-4-6-7/h2-6H,1H3. The number of hydrogen-bond donors (Lipinski definition) is 0. The van der Waals surface area contributed by atoms with E-state index in [0.717, 1.165) is 7.11 Å². The highest BCUT2D eigenvalue weighted by Crippen LogP contribution is 2.37. The van der Waals surface area contributed by atoms with Gasteiger partial charge in [0.05, 0.1) is 0 Å². The summed E-state index contributed by atoms with van der Waals surface area (Å²) in [6, 6.07) is 7.11. The molecule has 0 aliphatic carbocycles. The molecule has 0 heterocycles. The Balaban J connectivity index is 3.18. The molecule has 0 saturated heterocycles. The average Bonchev–Trinajstić information content (AvgIpc) is 2.27. The van der Waals surface area contributed by atoms with E-state index in [2.05, 4.69) is 4.74 Å². The molecule has 2 nitrogen and oxygen atoms in total. The molecule has 1 aromatic carbocycles. The van der Waals surface area contributed by atoms with Crippen molar-refractivity contribution in [3.63, 3.8) is 0 Å². The van der Waals surface area contributed by atoms with Crippen LogP contribution in [0.4, 0.5) is 13.2 Å². The zero-order chi connectivity index (χ0) is 12.4. The van der Waals surface area contributed by atoms with Gasteiger partial charge in [-0.05, 0) is 0 Å². The van der Waals surface area contributed by atoms with Crippen LogP contribution in [-0.2, 0) is 14.6 Å². The molecule has 0 spiro atoms. The molecular weight excluding hydrogens is 245 g/mol. The molecule has 1 aromatic rings. The highest BCUT2D eigenvalue weighted by atomic mass is 35.5. The number of alkyl halides is 4. The molecule has 0 bridgehead atoms. The topological polar surface area (TPSA) is 26.3 Å². The summed E-state index contributed by atoms with van der Waals surface area (Å²) in [7, 11) is 0.948. The van der Waals surface area contributed by atoms with Gasteiger partial charge in [0.2, 0.25) is 5.06 Å². The maximum atomic E-state index is 12.3. The summed E-state index contributed by atoms with van der Waals surface area (Å²) >= 11 is 5.59. The van der Waals surface area contributed by atoms with E-state index in [1.54, 1.807) is 6.07 Å². The van der Waals surface area contributed by atoms with Crippen LogP contribution in [0.15, 0.2) is 30.3 Å². The number of ether oxygens (including phenoxy) is 1. The van der Waals surface area contributed by atoms with Crippen molar-refractivity contribution < 1.29 is 22.7 Å². The predicted molar refractivity (Wildman–Crippen MR) is 52.0 cm³/mol. The van der Waals surface area contributed by atoms with Crippen LogP contribution in [0.3, 0.4) is 0 Å². The van der Waals surface area contributed by atoms with Gasteiger partial charge in [0.25, 0.3) is 5.78 Å². The molecule has 0 amide bonds. The first-order valence-corrected chi connectivity index (χ1v) is 4.61. The third-order valence-electron chi connectivity index (χ3n) is 1.98. The van der Waals surface area contributed by atoms with Crippen molar-refractivity contribution in [3.05, 3.63) is 35.9 Å². The van der Waals surface area contributed by atoms with Gasteiger partial charge in [-0.25, -0.2) is 0 Å². The van der Waals surface area contributed by atoms with Gasteiger partial charge in [-0.1, -0.05) is 41.9 Å². The van der Waals surface area contributed by atoms with Gasteiger partial charge in [0, 0.05) is 12.7 Å². The largest absolute Gasteiger partial charge is 0.454 e. The smallest absolute Gasteiger partial charge is 0.352 e. The minimum Gasteiger partial charge on any atom is -0.352 e. The van der Waals surface area contributed by atoms with E-state index < -0.39 is 17.0 Å². The van der Waals surface area contributed by atoms with Crippen LogP contribution in [0.5, 0.6) is 0 Å². The molecule has 0 aliphatic rings. The molecule has 0 aliphatic heterocycles. The number of ketones is 1. The number of hydrogen-bond acceptors (Lipinski definition) is 2. The predicted octanol–water partition coefficient (Wildman–Crippen LogP) is 2.86. The molecule has 0 N–H and O–H groups in total. The first kappa shape index (κ1) is 13.0. The quantitative estimate of drug-likeness (QED) is 0.773. The van der Waals surface area contributed by atoms with E-state index in [-0.39, 0.29) is 5.56 Å². The lowest BCUT2D eigenvalue weighted by atomic mass is 10.0. The summed E-state index contributed by atoms with van der Waals surface area (Å²) in [5.74, 6) is -2.14. The minimum absolute atomic E-state index is 0.0542. The summed E-state index contributed by atoms with van der Waals surface area (Å²) in [5.41, 5.74) is -0.0542. The number of benzene rings is 1. The van der Waals surface area contributed by atoms with Gasteiger partial charge in [0.1, 0.15) is 0 Å². The van der Waals surface area contributed by atoms with E-state index in [4.69, 9.17) is 11.6 Å². The Kier molecular flexibility index (Phi) is 3.60. The highest BCUT2D eigenvalue weighted by Gasteiger charge is 2.53. The number of halogens is 4. The van der Waals surface area contributed by atoms with Gasteiger partial charge in [0.15, 0.2) is 0 Å². The van der Waals surface area contributed by atoms with Crippen LogP contribution >= 0.6 is 11.6 Å². The molecule has 1 unspecified atom stereocenters. The fourth-order valence-corrected chi connectivity index (χ4v) is 1.41. The van der Waals surface area contributed by atoms with Crippen molar-refractivity contribution >= 4 is 17.4 Å². The summed E-state index contributed by atoms with van der Waals surface area (Å²) in [5, 5.41) is -2.51. The van der Waals surface area contributed by atoms with Crippen molar-refractivity contribution in [3.8, 4) is 0 Å². The minimum atomic E-state index is -5.05. The molecule has 0 fully saturated rings. The van der Waals surface area contributed by atoms with Gasteiger partial charge < -0.3 is 4.74 Å². The zero-order valence-electron chi connectivity index (χ0n) is 8.22. The van der Waals surface area contributed by atoms with E-state index >= 15 is 0 Å². The molecule has 0 radical (unpaired) electrons. The van der Waals surface area contributed by atoms with Gasteiger partial charge >= 0.3 is 6.18 Å². The molecule has 1 rings (SSSR count). The Morgan fingerprint density at radius 3 is 2.12 bits per heavy atom. The average molecular weight is 253 g/mol. The fraction of sp³-hybridized carbons (Fsp3) is 0.300. The van der Waals surface area contributed by atoms with E-state index in [1.165, 1.54) is 24.3 Å². The second kappa shape index (κ2) is 4.43. The molecule has 0 saturated carbocycles. The summed E-state index contributed by atoms with van der Waals surface area (Å²) < 4.78 is 41.4. The summed E-state index contributed by atoms with van der Waals surface area (Å²) in [6.07, 6.45) is -5.05. The Morgan fingerprint density at radius 2 is 1.75 bits per heavy atom. The number of rotatable bonds is 3. The van der Waals surface area contributed by atoms with Crippen LogP contribution in [0.1, 0.15) is 5.56 Å². The van der Waals surface area contributed by atoms with E-state index in [1.807, 2.05) is 0 Å². The Labute approximate surface area is 95.0 Å². The maximum Gasteiger partial charge on any atom is 0.454 e. The van der Waals surface area contributed by atoms with Crippen LogP contribution in [0.25, 0.3) is 0 Å². The first-order valence-electron chi connectivity index (χ1n) is 4.23. The van der Waals surface area contributed by atoms with E-state index in [0.29, 0.717) is 0 Å².